The maximum atomic E-state index is 14.0. The van der Waals surface area contributed by atoms with Crippen molar-refractivity contribution in [1.82, 2.24) is 4.57 Å². The molecule has 0 fully saturated rings. The molecule has 214 valence electrons. The summed E-state index contributed by atoms with van der Waals surface area (Å²) in [7, 11) is 1.55. The largest absolute Gasteiger partial charge is 0.493 e. The predicted octanol–water partition coefficient (Wildman–Crippen LogP) is 4.97. The Morgan fingerprint density at radius 3 is 2.68 bits per heavy atom. The summed E-state index contributed by atoms with van der Waals surface area (Å²) < 4.78 is 26.1. The van der Waals surface area contributed by atoms with E-state index in [4.69, 9.17) is 25.4 Å². The molecule has 1 aliphatic rings. The van der Waals surface area contributed by atoms with E-state index < -0.39 is 12.0 Å². The van der Waals surface area contributed by atoms with Crippen molar-refractivity contribution >= 4 is 61.9 Å². The molecule has 0 aliphatic carbocycles. The van der Waals surface area contributed by atoms with Gasteiger partial charge in [-0.3, -0.25) is 9.36 Å². The zero-order chi connectivity index (χ0) is 29.8. The lowest BCUT2D eigenvalue weighted by atomic mass is 9.95. The van der Waals surface area contributed by atoms with Crippen LogP contribution in [0, 0.1) is 15.9 Å². The van der Waals surface area contributed by atoms with E-state index in [-0.39, 0.29) is 30.5 Å². The highest BCUT2D eigenvalue weighted by molar-refractivity contribution is 14.1. The zero-order valence-corrected chi connectivity index (χ0v) is 27.7. The van der Waals surface area contributed by atoms with E-state index in [0.717, 1.165) is 9.13 Å². The van der Waals surface area contributed by atoms with Gasteiger partial charge in [-0.05, 0) is 108 Å². The van der Waals surface area contributed by atoms with Crippen LogP contribution in [0.3, 0.4) is 0 Å². The Morgan fingerprint density at radius 1 is 1.29 bits per heavy atom. The molecule has 11 heteroatoms. The molecule has 1 atom stereocenters. The molecule has 0 unspecified atom stereocenters. The third-order valence-corrected chi connectivity index (χ3v) is 8.37. The molecule has 0 amide bonds. The van der Waals surface area contributed by atoms with Crippen LogP contribution < -0.4 is 29.1 Å². The molecular formula is C30H28BrIN2O6S. The summed E-state index contributed by atoms with van der Waals surface area (Å²) in [6.45, 7) is 7.66. The molecule has 0 spiro atoms. The number of thiazole rings is 1. The number of hydrogen-bond donors (Lipinski definition) is 0. The van der Waals surface area contributed by atoms with Crippen molar-refractivity contribution < 1.29 is 23.7 Å². The van der Waals surface area contributed by atoms with Crippen molar-refractivity contribution in [2.24, 2.45) is 4.99 Å². The number of allylic oxidation sites excluding steroid dienone is 1. The molecule has 0 N–H and O–H groups in total. The van der Waals surface area contributed by atoms with Crippen molar-refractivity contribution in [1.29, 1.82) is 0 Å². The van der Waals surface area contributed by atoms with Crippen LogP contribution in [-0.2, 0) is 9.53 Å². The highest BCUT2D eigenvalue weighted by Gasteiger charge is 2.34. The molecule has 2 heterocycles. The molecule has 0 saturated heterocycles. The van der Waals surface area contributed by atoms with Crippen LogP contribution in [-0.4, -0.2) is 37.0 Å². The van der Waals surface area contributed by atoms with Crippen LogP contribution in [0.15, 0.2) is 55.9 Å². The Kier molecular flexibility index (Phi) is 9.99. The Balaban J connectivity index is 1.91. The second-order valence-corrected chi connectivity index (χ2v) is 12.2. The Hall–Kier alpha value is -3.08. The van der Waals surface area contributed by atoms with E-state index in [1.807, 2.05) is 32.0 Å². The van der Waals surface area contributed by atoms with Crippen LogP contribution in [0.5, 0.6) is 17.2 Å². The first-order valence-corrected chi connectivity index (χ1v) is 15.4. The highest BCUT2D eigenvalue weighted by Crippen LogP contribution is 2.37. The topological polar surface area (TPSA) is 88.3 Å². The van der Waals surface area contributed by atoms with Crippen molar-refractivity contribution in [3.63, 3.8) is 0 Å². The fourth-order valence-corrected chi connectivity index (χ4v) is 7.19. The number of aromatic nitrogens is 1. The minimum absolute atomic E-state index is 0.0642. The number of rotatable bonds is 9. The fourth-order valence-electron chi connectivity index (χ4n) is 4.38. The molecule has 4 rings (SSSR count). The van der Waals surface area contributed by atoms with Gasteiger partial charge in [-0.1, -0.05) is 23.3 Å². The Bertz CT molecular complexity index is 1730. The van der Waals surface area contributed by atoms with Gasteiger partial charge in [0.25, 0.3) is 5.56 Å². The molecule has 3 aromatic rings. The lowest BCUT2D eigenvalue weighted by molar-refractivity contribution is -0.139. The number of fused-ring (bicyclic) bond motifs is 1. The molecule has 0 radical (unpaired) electrons. The highest BCUT2D eigenvalue weighted by atomic mass is 127. The van der Waals surface area contributed by atoms with E-state index >= 15 is 0 Å². The summed E-state index contributed by atoms with van der Waals surface area (Å²) in [5.74, 6) is 3.61. The predicted molar refractivity (Wildman–Crippen MR) is 170 cm³/mol. The lowest BCUT2D eigenvalue weighted by Crippen LogP contribution is -2.40. The van der Waals surface area contributed by atoms with E-state index in [1.165, 1.54) is 15.9 Å². The number of carbonyl (C=O) groups is 1. The smallest absolute Gasteiger partial charge is 0.338 e. The van der Waals surface area contributed by atoms with Crippen molar-refractivity contribution in [2.75, 3.05) is 20.3 Å². The maximum absolute atomic E-state index is 14.0. The molecule has 2 aromatic carbocycles. The number of esters is 1. The minimum atomic E-state index is -0.777. The summed E-state index contributed by atoms with van der Waals surface area (Å²) in [5.41, 5.74) is 1.94. The standard InChI is InChI=1S/C30H28BrIN2O6S/c1-7-11-39-27-20(31)12-18(13-21(27)32)14-24-28(35)34-26(19-9-10-22(40-16(3)4)23(15-19)37-6)25(29(36)38-8-2)17(5)33-30(34)41-24/h1,9-10,12-16,26H,8,11H2,2-6H3/b24-14-/t26-/m1/s1. The second-order valence-electron chi connectivity index (χ2n) is 9.19. The van der Waals surface area contributed by atoms with Crippen molar-refractivity contribution in [3.05, 3.63) is 80.5 Å². The minimum Gasteiger partial charge on any atom is -0.493 e. The van der Waals surface area contributed by atoms with Gasteiger partial charge in [0, 0.05) is 0 Å². The summed E-state index contributed by atoms with van der Waals surface area (Å²) in [5, 5.41) is 0. The van der Waals surface area contributed by atoms with Gasteiger partial charge in [0.1, 0.15) is 12.4 Å². The van der Waals surface area contributed by atoms with Crippen LogP contribution in [0.4, 0.5) is 0 Å². The number of hydrogen-bond acceptors (Lipinski definition) is 8. The summed E-state index contributed by atoms with van der Waals surface area (Å²) >= 11 is 6.95. The van der Waals surface area contributed by atoms with Gasteiger partial charge < -0.3 is 18.9 Å². The van der Waals surface area contributed by atoms with E-state index in [9.17, 15) is 9.59 Å². The second kappa shape index (κ2) is 13.3. The molecular weight excluding hydrogens is 723 g/mol. The lowest BCUT2D eigenvalue weighted by Gasteiger charge is -2.25. The molecule has 1 aliphatic heterocycles. The summed E-state index contributed by atoms with van der Waals surface area (Å²) in [6, 6.07) is 8.38. The molecule has 8 nitrogen and oxygen atoms in total. The Morgan fingerprint density at radius 2 is 2.05 bits per heavy atom. The van der Waals surface area contributed by atoms with Crippen molar-refractivity contribution in [3.8, 4) is 29.6 Å². The van der Waals surface area contributed by atoms with Crippen LogP contribution in [0.1, 0.15) is 44.9 Å². The normalized spacial score (nSPS) is 14.8. The van der Waals surface area contributed by atoms with Gasteiger partial charge in [-0.2, -0.15) is 0 Å². The van der Waals surface area contributed by atoms with Gasteiger partial charge in [0.15, 0.2) is 16.3 Å². The van der Waals surface area contributed by atoms with Gasteiger partial charge >= 0.3 is 5.97 Å². The van der Waals surface area contributed by atoms with E-state index in [1.54, 1.807) is 39.2 Å². The molecule has 1 aromatic heterocycles. The third-order valence-electron chi connectivity index (χ3n) is 6.00. The van der Waals surface area contributed by atoms with E-state index in [2.05, 4.69) is 49.4 Å². The summed E-state index contributed by atoms with van der Waals surface area (Å²) in [6.07, 6.45) is 7.06. The molecule has 0 saturated carbocycles. The van der Waals surface area contributed by atoms with E-state index in [0.29, 0.717) is 42.3 Å². The fraction of sp³-hybridized carbons (Fsp3) is 0.300. The Labute approximate surface area is 264 Å². The third kappa shape index (κ3) is 6.55. The first-order chi connectivity index (χ1) is 19.6. The van der Waals surface area contributed by atoms with Crippen LogP contribution >= 0.6 is 49.9 Å². The van der Waals surface area contributed by atoms with Crippen LogP contribution in [0.25, 0.3) is 6.08 Å². The van der Waals surface area contributed by atoms with Gasteiger partial charge in [0.2, 0.25) is 0 Å². The average Bonchev–Trinajstić information content (AvgIpc) is 3.21. The number of nitrogens with zero attached hydrogens (tertiary/aromatic N) is 2. The van der Waals surface area contributed by atoms with Gasteiger partial charge in [0.05, 0.1) is 49.7 Å². The zero-order valence-electron chi connectivity index (χ0n) is 23.1. The number of benzene rings is 2. The van der Waals surface area contributed by atoms with Crippen molar-refractivity contribution in [2.45, 2.75) is 39.8 Å². The van der Waals surface area contributed by atoms with Gasteiger partial charge in [-0.25, -0.2) is 9.79 Å². The number of ether oxygens (including phenoxy) is 4. The molecule has 41 heavy (non-hydrogen) atoms. The SMILES string of the molecule is C#CCOc1c(Br)cc(/C=c2\sc3n(c2=O)[C@H](c2ccc(OC(C)C)c(OC)c2)C(C(=O)OCC)=C(C)N=3)cc1I. The molecule has 0 bridgehead atoms. The van der Waals surface area contributed by atoms with Crippen LogP contribution in [0.2, 0.25) is 0 Å². The maximum Gasteiger partial charge on any atom is 0.338 e. The first kappa shape index (κ1) is 30.9. The average molecular weight is 751 g/mol. The number of terminal acetylenes is 1. The number of methoxy groups -OCH3 is 1. The number of halogens is 2. The monoisotopic (exact) mass is 750 g/mol. The first-order valence-electron chi connectivity index (χ1n) is 12.7. The quantitative estimate of drug-likeness (QED) is 0.175. The summed E-state index contributed by atoms with van der Waals surface area (Å²) in [4.78, 5) is 32.3. The number of carbonyl (C=O) groups excluding carboxylic acids is 1. The van der Waals surface area contributed by atoms with Gasteiger partial charge in [-0.15, -0.1) is 6.42 Å².